The van der Waals surface area contributed by atoms with E-state index in [1.165, 1.54) is 6.92 Å². The molecule has 7 heteroatoms. The van der Waals surface area contributed by atoms with Crippen molar-refractivity contribution in [2.45, 2.75) is 19.8 Å². The van der Waals surface area contributed by atoms with Gasteiger partial charge in [-0.05, 0) is 30.8 Å². The lowest BCUT2D eigenvalue weighted by atomic mass is 10.1. The number of ether oxygens (including phenoxy) is 1. The first-order valence-corrected chi connectivity index (χ1v) is 7.71. The molecule has 1 heterocycles. The molecule has 0 unspecified atom stereocenters. The van der Waals surface area contributed by atoms with E-state index in [2.05, 4.69) is 6.58 Å². The summed E-state index contributed by atoms with van der Waals surface area (Å²) in [6.07, 6.45) is 2.47. The van der Waals surface area contributed by atoms with Gasteiger partial charge in [0.25, 0.3) is 0 Å². The van der Waals surface area contributed by atoms with E-state index in [0.29, 0.717) is 37.2 Å². The summed E-state index contributed by atoms with van der Waals surface area (Å²) in [5.41, 5.74) is 7.08. The molecule has 1 aliphatic rings. The molecule has 0 fully saturated rings. The molecule has 1 aromatic rings. The standard InChI is InChI=1S/C17H21N3O4/c1-3-19-9-7-16(22)20(8-4-10-24-12(2)21)15-11-13(17(18)23)5-6-14(15)19/h3,5-6,11H,1,4,7-10H2,2H3,(H2,18,23). The van der Waals surface area contributed by atoms with Crippen LogP contribution in [0.2, 0.25) is 0 Å². The Labute approximate surface area is 140 Å². The number of nitrogens with zero attached hydrogens (tertiary/aromatic N) is 2. The molecule has 2 rings (SSSR count). The minimum Gasteiger partial charge on any atom is -0.466 e. The van der Waals surface area contributed by atoms with Crippen LogP contribution in [0.3, 0.4) is 0 Å². The monoisotopic (exact) mass is 331 g/mol. The number of hydrogen-bond acceptors (Lipinski definition) is 5. The third-order valence-corrected chi connectivity index (χ3v) is 3.78. The summed E-state index contributed by atoms with van der Waals surface area (Å²) in [6, 6.07) is 5.00. The molecule has 0 aliphatic carbocycles. The van der Waals surface area contributed by atoms with Crippen LogP contribution in [0.4, 0.5) is 11.4 Å². The maximum absolute atomic E-state index is 12.5. The Kier molecular flexibility index (Phi) is 5.57. The normalized spacial score (nSPS) is 14.0. The van der Waals surface area contributed by atoms with Crippen molar-refractivity contribution < 1.29 is 19.1 Å². The van der Waals surface area contributed by atoms with Crippen LogP contribution in [0, 0.1) is 0 Å². The maximum Gasteiger partial charge on any atom is 0.302 e. The van der Waals surface area contributed by atoms with Crippen molar-refractivity contribution in [2.24, 2.45) is 5.73 Å². The summed E-state index contributed by atoms with van der Waals surface area (Å²) in [6.45, 7) is 6.23. The lowest BCUT2D eigenvalue weighted by molar-refractivity contribution is -0.140. The number of rotatable bonds is 6. The van der Waals surface area contributed by atoms with Crippen LogP contribution in [-0.2, 0) is 14.3 Å². The second kappa shape index (κ2) is 7.63. The minimum atomic E-state index is -0.556. The summed E-state index contributed by atoms with van der Waals surface area (Å²) in [7, 11) is 0. The highest BCUT2D eigenvalue weighted by Gasteiger charge is 2.25. The zero-order valence-electron chi connectivity index (χ0n) is 13.7. The van der Waals surface area contributed by atoms with Gasteiger partial charge in [0.2, 0.25) is 11.8 Å². The van der Waals surface area contributed by atoms with Gasteiger partial charge in [0, 0.05) is 32.0 Å². The van der Waals surface area contributed by atoms with E-state index in [0.717, 1.165) is 5.69 Å². The fourth-order valence-corrected chi connectivity index (χ4v) is 2.61. The highest BCUT2D eigenvalue weighted by atomic mass is 16.5. The molecule has 7 nitrogen and oxygen atoms in total. The molecule has 0 saturated heterocycles. The SMILES string of the molecule is C=CN1CCC(=O)N(CCCOC(C)=O)c2cc(C(N)=O)ccc21. The molecular formula is C17H21N3O4. The Hall–Kier alpha value is -2.83. The molecule has 1 aliphatic heterocycles. The molecule has 2 amide bonds. The Balaban J connectivity index is 2.32. The fraction of sp³-hybridized carbons (Fsp3) is 0.353. The van der Waals surface area contributed by atoms with Gasteiger partial charge in [0.05, 0.1) is 18.0 Å². The molecule has 1 aromatic carbocycles. The summed E-state index contributed by atoms with van der Waals surface area (Å²) >= 11 is 0. The van der Waals surface area contributed by atoms with Crippen LogP contribution in [0.15, 0.2) is 31.0 Å². The quantitative estimate of drug-likeness (QED) is 0.629. The number of esters is 1. The zero-order valence-corrected chi connectivity index (χ0v) is 13.7. The van der Waals surface area contributed by atoms with Crippen molar-refractivity contribution in [1.29, 1.82) is 0 Å². The Morgan fingerprint density at radius 1 is 1.38 bits per heavy atom. The number of amides is 2. The van der Waals surface area contributed by atoms with Crippen LogP contribution in [-0.4, -0.2) is 37.5 Å². The van der Waals surface area contributed by atoms with Gasteiger partial charge in [-0.2, -0.15) is 0 Å². The van der Waals surface area contributed by atoms with Crippen molar-refractivity contribution in [3.63, 3.8) is 0 Å². The van der Waals surface area contributed by atoms with Crippen LogP contribution in [0.25, 0.3) is 0 Å². The summed E-state index contributed by atoms with van der Waals surface area (Å²) < 4.78 is 4.91. The number of hydrogen-bond donors (Lipinski definition) is 1. The zero-order chi connectivity index (χ0) is 17.7. The topological polar surface area (TPSA) is 92.9 Å². The van der Waals surface area contributed by atoms with Crippen LogP contribution in [0.5, 0.6) is 0 Å². The first kappa shape index (κ1) is 17.5. The number of fused-ring (bicyclic) bond motifs is 1. The smallest absolute Gasteiger partial charge is 0.302 e. The van der Waals surface area contributed by atoms with E-state index in [-0.39, 0.29) is 18.5 Å². The largest absolute Gasteiger partial charge is 0.466 e. The van der Waals surface area contributed by atoms with E-state index < -0.39 is 5.91 Å². The predicted octanol–water partition coefficient (Wildman–Crippen LogP) is 1.43. The van der Waals surface area contributed by atoms with Crippen molar-refractivity contribution in [1.82, 2.24) is 0 Å². The van der Waals surface area contributed by atoms with E-state index in [9.17, 15) is 14.4 Å². The van der Waals surface area contributed by atoms with Gasteiger partial charge in [-0.15, -0.1) is 0 Å². The third-order valence-electron chi connectivity index (χ3n) is 3.78. The van der Waals surface area contributed by atoms with E-state index in [1.807, 2.05) is 4.90 Å². The van der Waals surface area contributed by atoms with Gasteiger partial charge in [0.15, 0.2) is 0 Å². The first-order valence-electron chi connectivity index (χ1n) is 7.71. The van der Waals surface area contributed by atoms with Crippen LogP contribution >= 0.6 is 0 Å². The second-order valence-electron chi connectivity index (χ2n) is 5.43. The van der Waals surface area contributed by atoms with Gasteiger partial charge in [-0.1, -0.05) is 6.58 Å². The number of primary amides is 1. The molecular weight excluding hydrogens is 310 g/mol. The molecule has 0 radical (unpaired) electrons. The Morgan fingerprint density at radius 2 is 2.12 bits per heavy atom. The summed E-state index contributed by atoms with van der Waals surface area (Å²) in [5, 5.41) is 0. The third kappa shape index (κ3) is 3.92. The average Bonchev–Trinajstić information content (AvgIpc) is 2.67. The lowest BCUT2D eigenvalue weighted by Gasteiger charge is -2.25. The number of carbonyl (C=O) groups excluding carboxylic acids is 3. The summed E-state index contributed by atoms with van der Waals surface area (Å²) in [4.78, 5) is 38.3. The molecule has 128 valence electrons. The highest BCUT2D eigenvalue weighted by Crippen LogP contribution is 2.34. The van der Waals surface area contributed by atoms with E-state index in [4.69, 9.17) is 10.5 Å². The average molecular weight is 331 g/mol. The van der Waals surface area contributed by atoms with Gasteiger partial charge < -0.3 is 20.3 Å². The lowest BCUT2D eigenvalue weighted by Crippen LogP contribution is -2.32. The van der Waals surface area contributed by atoms with Crippen molar-refractivity contribution in [2.75, 3.05) is 29.5 Å². The van der Waals surface area contributed by atoms with E-state index >= 15 is 0 Å². The Bertz CT molecular complexity index is 672. The maximum atomic E-state index is 12.5. The predicted molar refractivity (Wildman–Crippen MR) is 90.7 cm³/mol. The van der Waals surface area contributed by atoms with Crippen LogP contribution in [0.1, 0.15) is 30.1 Å². The minimum absolute atomic E-state index is 0.0648. The summed E-state index contributed by atoms with van der Waals surface area (Å²) in [5.74, 6) is -0.976. The second-order valence-corrected chi connectivity index (χ2v) is 5.43. The number of nitrogens with two attached hydrogens (primary N) is 1. The molecule has 0 spiro atoms. The fourth-order valence-electron chi connectivity index (χ4n) is 2.61. The molecule has 0 saturated carbocycles. The van der Waals surface area contributed by atoms with Gasteiger partial charge in [-0.25, -0.2) is 0 Å². The highest BCUT2D eigenvalue weighted by molar-refractivity contribution is 6.02. The molecule has 24 heavy (non-hydrogen) atoms. The molecule has 0 atom stereocenters. The van der Waals surface area contributed by atoms with Crippen molar-refractivity contribution in [3.8, 4) is 0 Å². The number of carbonyl (C=O) groups is 3. The molecule has 0 bridgehead atoms. The molecule has 2 N–H and O–H groups in total. The van der Waals surface area contributed by atoms with Crippen LogP contribution < -0.4 is 15.5 Å². The van der Waals surface area contributed by atoms with E-state index in [1.54, 1.807) is 29.3 Å². The van der Waals surface area contributed by atoms with Gasteiger partial charge >= 0.3 is 5.97 Å². The number of benzene rings is 1. The first-order chi connectivity index (χ1) is 11.4. The van der Waals surface area contributed by atoms with Crippen molar-refractivity contribution in [3.05, 3.63) is 36.5 Å². The van der Waals surface area contributed by atoms with Gasteiger partial charge in [-0.3, -0.25) is 14.4 Å². The molecule has 0 aromatic heterocycles. The van der Waals surface area contributed by atoms with Gasteiger partial charge in [0.1, 0.15) is 0 Å². The van der Waals surface area contributed by atoms with Crippen molar-refractivity contribution >= 4 is 29.2 Å². The number of anilines is 2. The Morgan fingerprint density at radius 3 is 2.75 bits per heavy atom.